The second-order valence-corrected chi connectivity index (χ2v) is 11.2. The number of amides is 1. The van der Waals surface area contributed by atoms with Gasteiger partial charge in [0, 0.05) is 19.3 Å². The number of sulfonamides is 1. The van der Waals surface area contributed by atoms with Crippen molar-refractivity contribution in [3.63, 3.8) is 0 Å². The molecule has 186 valence electrons. The number of anilines is 1. The third kappa shape index (κ3) is 4.15. The lowest BCUT2D eigenvalue weighted by Gasteiger charge is -2.35. The number of aromatic nitrogens is 2. The first-order valence-corrected chi connectivity index (χ1v) is 13.5. The zero-order valence-electron chi connectivity index (χ0n) is 19.6. The summed E-state index contributed by atoms with van der Waals surface area (Å²) < 4.78 is 38.7. The summed E-state index contributed by atoms with van der Waals surface area (Å²) in [4.78, 5) is 23.4. The van der Waals surface area contributed by atoms with Crippen LogP contribution in [0.25, 0.3) is 0 Å². The van der Waals surface area contributed by atoms with Crippen molar-refractivity contribution in [2.75, 3.05) is 24.6 Å². The summed E-state index contributed by atoms with van der Waals surface area (Å²) in [7, 11) is -3.73. The second kappa shape index (κ2) is 8.77. The van der Waals surface area contributed by atoms with Gasteiger partial charge in [0.15, 0.2) is 11.5 Å². The number of carbonyl (C=O) groups excluding carboxylic acids is 1. The third-order valence-corrected chi connectivity index (χ3v) is 8.72. The van der Waals surface area contributed by atoms with E-state index >= 15 is 0 Å². The normalized spacial score (nSPS) is 18.6. The molecule has 3 heterocycles. The smallest absolute Gasteiger partial charge is 0.263 e. The molecule has 3 aliphatic rings. The summed E-state index contributed by atoms with van der Waals surface area (Å²) in [5.74, 6) is 2.13. The number of fused-ring (bicyclic) bond motifs is 1. The molecule has 0 bridgehead atoms. The number of carbonyl (C=O) groups is 1. The van der Waals surface area contributed by atoms with E-state index in [1.807, 2.05) is 35.2 Å². The Hall–Kier alpha value is -3.66. The van der Waals surface area contributed by atoms with Crippen molar-refractivity contribution in [2.24, 2.45) is 0 Å². The Morgan fingerprint density at radius 1 is 1.00 bits per heavy atom. The van der Waals surface area contributed by atoms with Crippen LogP contribution in [0.3, 0.4) is 0 Å². The first-order valence-electron chi connectivity index (χ1n) is 12.0. The van der Waals surface area contributed by atoms with E-state index in [2.05, 4.69) is 14.7 Å². The SMILES string of the molecule is O=C(N1CCC(c2ccc(S(=O)(=O)Nc3ccncn3)cc2)CC1)C1(c2ccc3c(c2)OCO3)CC1. The molecule has 1 aliphatic carbocycles. The van der Waals surface area contributed by atoms with E-state index in [1.54, 1.807) is 12.1 Å². The van der Waals surface area contributed by atoms with Crippen LogP contribution in [-0.2, 0) is 20.2 Å². The summed E-state index contributed by atoms with van der Waals surface area (Å²) >= 11 is 0. The average Bonchev–Trinajstić information content (AvgIpc) is 3.59. The summed E-state index contributed by atoms with van der Waals surface area (Å²) in [5.41, 5.74) is 1.65. The van der Waals surface area contributed by atoms with Crippen molar-refractivity contribution in [2.45, 2.75) is 41.9 Å². The first-order chi connectivity index (χ1) is 17.4. The molecule has 2 aromatic carbocycles. The number of hydrogen-bond acceptors (Lipinski definition) is 7. The number of benzene rings is 2. The Balaban J connectivity index is 1.09. The van der Waals surface area contributed by atoms with Crippen LogP contribution in [0.5, 0.6) is 11.5 Å². The molecular formula is C26H26N4O5S. The monoisotopic (exact) mass is 506 g/mol. The molecule has 0 spiro atoms. The van der Waals surface area contributed by atoms with E-state index in [-0.39, 0.29) is 29.3 Å². The Morgan fingerprint density at radius 2 is 1.75 bits per heavy atom. The minimum Gasteiger partial charge on any atom is -0.454 e. The maximum Gasteiger partial charge on any atom is 0.263 e. The molecule has 1 saturated heterocycles. The van der Waals surface area contributed by atoms with Crippen LogP contribution >= 0.6 is 0 Å². The predicted octanol–water partition coefficient (Wildman–Crippen LogP) is 3.44. The molecule has 9 nitrogen and oxygen atoms in total. The number of hydrogen-bond donors (Lipinski definition) is 1. The van der Waals surface area contributed by atoms with Gasteiger partial charge in [0.1, 0.15) is 12.1 Å². The summed E-state index contributed by atoms with van der Waals surface area (Å²) in [6, 6.07) is 14.3. The van der Waals surface area contributed by atoms with Crippen LogP contribution in [0.1, 0.15) is 42.7 Å². The van der Waals surface area contributed by atoms with Crippen molar-refractivity contribution in [1.82, 2.24) is 14.9 Å². The molecule has 1 N–H and O–H groups in total. The molecule has 1 amide bonds. The molecule has 10 heteroatoms. The number of ether oxygens (including phenoxy) is 2. The van der Waals surface area contributed by atoms with Gasteiger partial charge < -0.3 is 14.4 Å². The number of nitrogens with zero attached hydrogens (tertiary/aromatic N) is 3. The van der Waals surface area contributed by atoms with E-state index < -0.39 is 15.4 Å². The van der Waals surface area contributed by atoms with Crippen LogP contribution in [0, 0.1) is 0 Å². The topological polar surface area (TPSA) is 111 Å². The highest BCUT2D eigenvalue weighted by atomic mass is 32.2. The van der Waals surface area contributed by atoms with Gasteiger partial charge in [-0.1, -0.05) is 18.2 Å². The maximum atomic E-state index is 13.5. The minimum atomic E-state index is -3.73. The Kier molecular flexibility index (Phi) is 5.55. The highest BCUT2D eigenvalue weighted by Gasteiger charge is 2.53. The van der Waals surface area contributed by atoms with Crippen LogP contribution in [0.4, 0.5) is 5.82 Å². The third-order valence-electron chi connectivity index (χ3n) is 7.35. The van der Waals surface area contributed by atoms with Gasteiger partial charge >= 0.3 is 0 Å². The molecular weight excluding hydrogens is 480 g/mol. The molecule has 0 radical (unpaired) electrons. The van der Waals surface area contributed by atoms with Crippen LogP contribution in [0.2, 0.25) is 0 Å². The first kappa shape index (κ1) is 22.8. The van der Waals surface area contributed by atoms with Crippen LogP contribution in [-0.4, -0.2) is 49.1 Å². The number of nitrogens with one attached hydrogen (secondary N) is 1. The fourth-order valence-electron chi connectivity index (χ4n) is 5.13. The van der Waals surface area contributed by atoms with Crippen molar-refractivity contribution in [3.05, 3.63) is 72.2 Å². The summed E-state index contributed by atoms with van der Waals surface area (Å²) in [5, 5.41) is 0. The highest BCUT2D eigenvalue weighted by Crippen LogP contribution is 2.52. The number of rotatable bonds is 6. The molecule has 0 unspecified atom stereocenters. The summed E-state index contributed by atoms with van der Waals surface area (Å²) in [6.45, 7) is 1.59. The molecule has 1 saturated carbocycles. The van der Waals surface area contributed by atoms with Gasteiger partial charge in [0.25, 0.3) is 10.0 Å². The molecule has 2 fully saturated rings. The van der Waals surface area contributed by atoms with Crippen molar-refractivity contribution in [3.8, 4) is 11.5 Å². The van der Waals surface area contributed by atoms with E-state index in [1.165, 1.54) is 18.6 Å². The maximum absolute atomic E-state index is 13.5. The molecule has 0 atom stereocenters. The van der Waals surface area contributed by atoms with Gasteiger partial charge in [0.2, 0.25) is 12.7 Å². The van der Waals surface area contributed by atoms with Crippen LogP contribution < -0.4 is 14.2 Å². The molecule has 3 aromatic rings. The van der Waals surface area contributed by atoms with Crippen molar-refractivity contribution >= 4 is 21.7 Å². The second-order valence-electron chi connectivity index (χ2n) is 9.49. The average molecular weight is 507 g/mol. The van der Waals surface area contributed by atoms with Gasteiger partial charge in [-0.2, -0.15) is 0 Å². The minimum absolute atomic E-state index is 0.178. The van der Waals surface area contributed by atoms with Gasteiger partial charge in [-0.25, -0.2) is 18.4 Å². The fourth-order valence-corrected chi connectivity index (χ4v) is 6.14. The van der Waals surface area contributed by atoms with E-state index in [0.29, 0.717) is 18.8 Å². The molecule has 2 aliphatic heterocycles. The Morgan fingerprint density at radius 3 is 2.44 bits per heavy atom. The van der Waals surface area contributed by atoms with Gasteiger partial charge in [-0.05, 0) is 73.1 Å². The lowest BCUT2D eigenvalue weighted by molar-refractivity contribution is -0.135. The molecule has 6 rings (SSSR count). The standard InChI is InChI=1S/C26H26N4O5S/c31-25(26(10-11-26)20-3-6-22-23(15-20)35-17-34-22)30-13-8-19(9-14-30)18-1-4-21(5-2-18)36(32,33)29-24-7-12-27-16-28-24/h1-7,12,15-16,19H,8-11,13-14,17H2,(H,27,28,29). The van der Waals surface area contributed by atoms with E-state index in [4.69, 9.17) is 9.47 Å². The Bertz CT molecular complexity index is 1380. The number of piperidine rings is 1. The number of likely N-dealkylation sites (tertiary alicyclic amines) is 1. The highest BCUT2D eigenvalue weighted by molar-refractivity contribution is 7.92. The largest absolute Gasteiger partial charge is 0.454 e. The van der Waals surface area contributed by atoms with Crippen molar-refractivity contribution < 1.29 is 22.7 Å². The zero-order chi connectivity index (χ0) is 24.8. The van der Waals surface area contributed by atoms with Gasteiger partial charge in [-0.3, -0.25) is 9.52 Å². The van der Waals surface area contributed by atoms with Gasteiger partial charge in [-0.15, -0.1) is 0 Å². The lowest BCUT2D eigenvalue weighted by Crippen LogP contribution is -2.43. The van der Waals surface area contributed by atoms with Gasteiger partial charge in [0.05, 0.1) is 10.3 Å². The van der Waals surface area contributed by atoms with Crippen LogP contribution in [0.15, 0.2) is 66.0 Å². The van der Waals surface area contributed by atoms with E-state index in [0.717, 1.165) is 42.6 Å². The van der Waals surface area contributed by atoms with E-state index in [9.17, 15) is 13.2 Å². The molecule has 36 heavy (non-hydrogen) atoms. The fraction of sp³-hybridized carbons (Fsp3) is 0.346. The quantitative estimate of drug-likeness (QED) is 0.545. The van der Waals surface area contributed by atoms with Crippen molar-refractivity contribution in [1.29, 1.82) is 0 Å². The zero-order valence-corrected chi connectivity index (χ0v) is 20.4. The Labute approximate surface area is 209 Å². The summed E-state index contributed by atoms with van der Waals surface area (Å²) in [6.07, 6.45) is 6.15. The molecule has 1 aromatic heterocycles. The predicted molar refractivity (Wildman–Crippen MR) is 131 cm³/mol. The lowest BCUT2D eigenvalue weighted by atomic mass is 9.87.